The molecule has 0 radical (unpaired) electrons. The molecule has 2 atom stereocenters. The van der Waals surface area contributed by atoms with E-state index in [9.17, 15) is 9.18 Å². The number of likely N-dealkylation sites (tertiary alicyclic amines) is 1. The van der Waals surface area contributed by atoms with Crippen LogP contribution < -0.4 is 10.1 Å². The standard InChI is InChI=1S/C17H19FN6O2S/c1-10-5-12(26-13-6-19-15-3-4-20-24(15)8-13)7-23(10)9-14-16(18)22-17(27-14)21-11(2)25/h3-4,6,8,10,12H,5,7,9H2,1-2H3,(H,21,22,25)/t10-,12+/m0/s1. The number of aromatic nitrogens is 4. The van der Waals surface area contributed by atoms with Crippen molar-refractivity contribution >= 4 is 28.0 Å². The molecule has 0 saturated carbocycles. The molecular weight excluding hydrogens is 371 g/mol. The number of nitrogens with one attached hydrogen (secondary N) is 1. The van der Waals surface area contributed by atoms with Crippen LogP contribution in [-0.4, -0.2) is 49.1 Å². The normalized spacial score (nSPS) is 20.3. The summed E-state index contributed by atoms with van der Waals surface area (Å²) in [6.07, 6.45) is 5.99. The minimum Gasteiger partial charge on any atom is -0.486 e. The average Bonchev–Trinajstić information content (AvgIpc) is 3.28. The molecule has 10 heteroatoms. The van der Waals surface area contributed by atoms with Crippen LogP contribution in [0.3, 0.4) is 0 Å². The van der Waals surface area contributed by atoms with Crippen molar-refractivity contribution in [3.05, 3.63) is 35.5 Å². The highest BCUT2D eigenvalue weighted by atomic mass is 32.1. The van der Waals surface area contributed by atoms with Gasteiger partial charge in [0, 0.05) is 38.5 Å². The predicted molar refractivity (Wildman–Crippen MR) is 98.3 cm³/mol. The van der Waals surface area contributed by atoms with E-state index in [0.29, 0.717) is 23.7 Å². The molecule has 3 aromatic heterocycles. The molecule has 0 unspecified atom stereocenters. The van der Waals surface area contributed by atoms with Crippen molar-refractivity contribution in [3.8, 4) is 5.75 Å². The van der Waals surface area contributed by atoms with Gasteiger partial charge in [-0.05, 0) is 6.92 Å². The lowest BCUT2D eigenvalue weighted by Crippen LogP contribution is -2.28. The zero-order chi connectivity index (χ0) is 19.0. The Morgan fingerprint density at radius 3 is 3.19 bits per heavy atom. The van der Waals surface area contributed by atoms with Gasteiger partial charge in [0.25, 0.3) is 0 Å². The highest BCUT2D eigenvalue weighted by Gasteiger charge is 2.31. The minimum absolute atomic E-state index is 0.0133. The zero-order valence-corrected chi connectivity index (χ0v) is 15.7. The van der Waals surface area contributed by atoms with Gasteiger partial charge in [-0.2, -0.15) is 14.5 Å². The molecule has 0 bridgehead atoms. The third-order valence-corrected chi connectivity index (χ3v) is 5.40. The number of anilines is 1. The summed E-state index contributed by atoms with van der Waals surface area (Å²) in [6, 6.07) is 2.06. The first-order chi connectivity index (χ1) is 13.0. The Balaban J connectivity index is 1.40. The van der Waals surface area contributed by atoms with E-state index >= 15 is 0 Å². The van der Waals surface area contributed by atoms with Crippen LogP contribution in [0.1, 0.15) is 25.1 Å². The number of halogens is 1. The Labute approximate surface area is 159 Å². The average molecular weight is 390 g/mol. The Bertz CT molecular complexity index is 973. The quantitative estimate of drug-likeness (QED) is 0.720. The summed E-state index contributed by atoms with van der Waals surface area (Å²) in [5.74, 6) is -0.142. The van der Waals surface area contributed by atoms with Gasteiger partial charge in [0.2, 0.25) is 11.9 Å². The highest BCUT2D eigenvalue weighted by Crippen LogP contribution is 2.28. The molecule has 0 aliphatic carbocycles. The van der Waals surface area contributed by atoms with Gasteiger partial charge in [0.1, 0.15) is 6.10 Å². The molecule has 0 aromatic carbocycles. The summed E-state index contributed by atoms with van der Waals surface area (Å²) in [7, 11) is 0. The summed E-state index contributed by atoms with van der Waals surface area (Å²) >= 11 is 1.16. The molecule has 3 aromatic rings. The molecule has 1 amide bonds. The first kappa shape index (κ1) is 17.8. The number of fused-ring (bicyclic) bond motifs is 1. The van der Waals surface area contributed by atoms with E-state index in [2.05, 4.69) is 32.2 Å². The van der Waals surface area contributed by atoms with E-state index in [0.717, 1.165) is 23.4 Å². The van der Waals surface area contributed by atoms with Crippen LogP contribution in [0.2, 0.25) is 0 Å². The molecule has 0 spiro atoms. The van der Waals surface area contributed by atoms with Crippen LogP contribution in [0.5, 0.6) is 5.75 Å². The summed E-state index contributed by atoms with van der Waals surface area (Å²) in [5, 5.41) is 6.97. The predicted octanol–water partition coefficient (Wildman–Crippen LogP) is 2.33. The van der Waals surface area contributed by atoms with Crippen LogP contribution in [0.4, 0.5) is 9.52 Å². The molecule has 1 aliphatic heterocycles. The second-order valence-corrected chi connectivity index (χ2v) is 7.68. The van der Waals surface area contributed by atoms with Crippen LogP contribution in [0, 0.1) is 5.95 Å². The van der Waals surface area contributed by atoms with Gasteiger partial charge in [-0.1, -0.05) is 11.3 Å². The van der Waals surface area contributed by atoms with Crippen molar-refractivity contribution < 1.29 is 13.9 Å². The third-order valence-electron chi connectivity index (χ3n) is 4.47. The van der Waals surface area contributed by atoms with E-state index < -0.39 is 5.95 Å². The van der Waals surface area contributed by atoms with E-state index in [4.69, 9.17) is 4.74 Å². The van der Waals surface area contributed by atoms with Gasteiger partial charge < -0.3 is 10.1 Å². The number of ether oxygens (including phenoxy) is 1. The number of thiazole rings is 1. The summed E-state index contributed by atoms with van der Waals surface area (Å²) in [4.78, 5) is 21.8. The third kappa shape index (κ3) is 3.91. The molecule has 1 saturated heterocycles. The van der Waals surface area contributed by atoms with E-state index in [-0.39, 0.29) is 23.2 Å². The molecule has 1 N–H and O–H groups in total. The summed E-state index contributed by atoms with van der Waals surface area (Å²) < 4.78 is 21.8. The van der Waals surface area contributed by atoms with Crippen molar-refractivity contribution in [3.63, 3.8) is 0 Å². The molecule has 4 rings (SSSR count). The van der Waals surface area contributed by atoms with Gasteiger partial charge in [0.05, 0.1) is 23.5 Å². The van der Waals surface area contributed by atoms with Crippen molar-refractivity contribution in [1.82, 2.24) is 24.5 Å². The fourth-order valence-electron chi connectivity index (χ4n) is 3.22. The summed E-state index contributed by atoms with van der Waals surface area (Å²) in [5.41, 5.74) is 0.763. The maximum Gasteiger partial charge on any atom is 0.230 e. The number of rotatable bonds is 5. The first-order valence-corrected chi connectivity index (χ1v) is 9.42. The molecule has 142 valence electrons. The number of hydrogen-bond acceptors (Lipinski definition) is 7. The van der Waals surface area contributed by atoms with Crippen molar-refractivity contribution in [2.75, 3.05) is 11.9 Å². The Morgan fingerprint density at radius 1 is 1.52 bits per heavy atom. The van der Waals surface area contributed by atoms with Crippen LogP contribution >= 0.6 is 11.3 Å². The second-order valence-electron chi connectivity index (χ2n) is 6.59. The lowest BCUT2D eigenvalue weighted by Gasteiger charge is -2.19. The Kier molecular flexibility index (Phi) is 4.75. The molecule has 27 heavy (non-hydrogen) atoms. The van der Waals surface area contributed by atoms with Crippen molar-refractivity contribution in [1.29, 1.82) is 0 Å². The molecule has 1 aliphatic rings. The largest absolute Gasteiger partial charge is 0.486 e. The molecular formula is C17H19FN6O2S. The number of carbonyl (C=O) groups excluding carboxylic acids is 1. The number of nitrogens with zero attached hydrogens (tertiary/aromatic N) is 5. The first-order valence-electron chi connectivity index (χ1n) is 8.61. The van der Waals surface area contributed by atoms with Gasteiger partial charge >= 0.3 is 0 Å². The maximum absolute atomic E-state index is 14.1. The van der Waals surface area contributed by atoms with Gasteiger partial charge in [-0.25, -0.2) is 9.50 Å². The van der Waals surface area contributed by atoms with Crippen LogP contribution in [0.25, 0.3) is 5.65 Å². The van der Waals surface area contributed by atoms with Crippen molar-refractivity contribution in [2.24, 2.45) is 0 Å². The van der Waals surface area contributed by atoms with Gasteiger partial charge in [0.15, 0.2) is 16.5 Å². The van der Waals surface area contributed by atoms with Crippen molar-refractivity contribution in [2.45, 2.75) is 39.0 Å². The van der Waals surface area contributed by atoms with E-state index in [1.807, 2.05) is 6.07 Å². The number of amides is 1. The summed E-state index contributed by atoms with van der Waals surface area (Å²) in [6.45, 7) is 4.57. The lowest BCUT2D eigenvalue weighted by molar-refractivity contribution is -0.114. The van der Waals surface area contributed by atoms with Gasteiger partial charge in [-0.3, -0.25) is 9.69 Å². The van der Waals surface area contributed by atoms with Crippen LogP contribution in [-0.2, 0) is 11.3 Å². The Morgan fingerprint density at radius 2 is 2.37 bits per heavy atom. The zero-order valence-electron chi connectivity index (χ0n) is 14.9. The molecule has 1 fully saturated rings. The maximum atomic E-state index is 14.1. The minimum atomic E-state index is -0.534. The smallest absolute Gasteiger partial charge is 0.230 e. The molecule has 8 nitrogen and oxygen atoms in total. The number of hydrogen-bond donors (Lipinski definition) is 1. The fraction of sp³-hybridized carbons (Fsp3) is 0.412. The SMILES string of the molecule is CC(=O)Nc1nc(F)c(CN2C[C@H](Oc3cnc4ccnn4c3)C[C@@H]2C)s1. The highest BCUT2D eigenvalue weighted by molar-refractivity contribution is 7.15. The van der Waals surface area contributed by atoms with Gasteiger partial charge in [-0.15, -0.1) is 0 Å². The van der Waals surface area contributed by atoms with E-state index in [1.54, 1.807) is 23.1 Å². The fourth-order valence-corrected chi connectivity index (χ4v) is 4.13. The van der Waals surface area contributed by atoms with Crippen LogP contribution in [0.15, 0.2) is 24.7 Å². The topological polar surface area (TPSA) is 84.7 Å². The number of carbonyl (C=O) groups is 1. The van der Waals surface area contributed by atoms with E-state index in [1.165, 1.54) is 6.92 Å². The lowest BCUT2D eigenvalue weighted by atomic mass is 10.2. The monoisotopic (exact) mass is 390 g/mol. The Hall–Kier alpha value is -2.59. The molecule has 4 heterocycles. The second kappa shape index (κ2) is 7.20.